The summed E-state index contributed by atoms with van der Waals surface area (Å²) in [5.74, 6) is 0.725. The number of halogens is 1. The van der Waals surface area contributed by atoms with Gasteiger partial charge in [0.2, 0.25) is 0 Å². The first kappa shape index (κ1) is 13.1. The van der Waals surface area contributed by atoms with Gasteiger partial charge in [-0.3, -0.25) is 0 Å². The third-order valence-electron chi connectivity index (χ3n) is 4.02. The molecular formula is C15H22BrN. The second-order valence-electron chi connectivity index (χ2n) is 5.72. The van der Waals surface area contributed by atoms with E-state index in [2.05, 4.69) is 53.3 Å². The minimum atomic E-state index is 0.311. The Morgan fingerprint density at radius 3 is 2.88 bits per heavy atom. The minimum absolute atomic E-state index is 0.311. The summed E-state index contributed by atoms with van der Waals surface area (Å²) in [6, 6.07) is 6.68. The lowest BCUT2D eigenvalue weighted by Gasteiger charge is -2.38. The zero-order valence-corrected chi connectivity index (χ0v) is 12.6. The molecule has 0 spiro atoms. The molecule has 0 amide bonds. The number of hydrogen-bond donors (Lipinski definition) is 1. The number of fused-ring (bicyclic) bond motifs is 1. The number of benzene rings is 1. The predicted octanol–water partition coefficient (Wildman–Crippen LogP) is 4.21. The van der Waals surface area contributed by atoms with Crippen molar-refractivity contribution in [1.82, 2.24) is 5.32 Å². The van der Waals surface area contributed by atoms with Crippen LogP contribution in [0.1, 0.15) is 50.2 Å². The van der Waals surface area contributed by atoms with E-state index in [0.717, 1.165) is 12.5 Å². The molecule has 0 aliphatic heterocycles. The summed E-state index contributed by atoms with van der Waals surface area (Å²) in [6.45, 7) is 5.84. The van der Waals surface area contributed by atoms with Crippen LogP contribution in [0.3, 0.4) is 0 Å². The van der Waals surface area contributed by atoms with E-state index in [0.29, 0.717) is 5.41 Å². The van der Waals surface area contributed by atoms with Crippen molar-refractivity contribution in [2.45, 2.75) is 44.4 Å². The smallest absolute Gasteiger partial charge is 0.0215 e. The molecule has 1 nitrogen and oxygen atoms in total. The van der Waals surface area contributed by atoms with Crippen LogP contribution in [-0.4, -0.2) is 13.6 Å². The maximum Gasteiger partial charge on any atom is 0.0215 e. The van der Waals surface area contributed by atoms with Gasteiger partial charge in [-0.05, 0) is 61.4 Å². The first-order valence-electron chi connectivity index (χ1n) is 6.50. The molecule has 0 heterocycles. The first-order valence-corrected chi connectivity index (χ1v) is 7.29. The molecule has 1 atom stereocenters. The molecule has 1 N–H and O–H groups in total. The van der Waals surface area contributed by atoms with Gasteiger partial charge in [0.05, 0.1) is 0 Å². The zero-order chi connectivity index (χ0) is 12.5. The highest BCUT2D eigenvalue weighted by atomic mass is 79.9. The molecule has 2 rings (SSSR count). The van der Waals surface area contributed by atoms with Gasteiger partial charge in [-0.1, -0.05) is 41.9 Å². The summed E-state index contributed by atoms with van der Waals surface area (Å²) < 4.78 is 1.29. The maximum atomic E-state index is 3.74. The molecule has 0 saturated carbocycles. The zero-order valence-electron chi connectivity index (χ0n) is 11.0. The van der Waals surface area contributed by atoms with E-state index in [9.17, 15) is 0 Å². The average Bonchev–Trinajstić information content (AvgIpc) is 2.28. The van der Waals surface area contributed by atoms with Crippen molar-refractivity contribution in [2.75, 3.05) is 13.6 Å². The maximum absolute atomic E-state index is 3.74. The minimum Gasteiger partial charge on any atom is -0.320 e. The normalized spacial score (nSPS) is 22.2. The highest BCUT2D eigenvalue weighted by Crippen LogP contribution is 2.46. The molecule has 1 aliphatic carbocycles. The standard InChI is InChI=1S/C15H22BrN/c1-15(2)9-7-11(8-10-17-3)12-5-4-6-13(16)14(12)15/h4-6,11,17H,7-10H2,1-3H3. The Kier molecular flexibility index (Phi) is 3.94. The number of hydrogen-bond acceptors (Lipinski definition) is 1. The van der Waals surface area contributed by atoms with E-state index in [-0.39, 0.29) is 0 Å². The lowest BCUT2D eigenvalue weighted by Crippen LogP contribution is -2.28. The Balaban J connectivity index is 2.38. The van der Waals surface area contributed by atoms with Gasteiger partial charge in [0.25, 0.3) is 0 Å². The monoisotopic (exact) mass is 295 g/mol. The van der Waals surface area contributed by atoms with E-state index in [1.54, 1.807) is 5.56 Å². The molecular weight excluding hydrogens is 274 g/mol. The molecule has 1 aromatic carbocycles. The predicted molar refractivity (Wildman–Crippen MR) is 77.7 cm³/mol. The summed E-state index contributed by atoms with van der Waals surface area (Å²) in [5, 5.41) is 3.27. The Labute approximate surface area is 113 Å². The molecule has 0 bridgehead atoms. The van der Waals surface area contributed by atoms with Crippen molar-refractivity contribution in [3.8, 4) is 0 Å². The Morgan fingerprint density at radius 2 is 2.18 bits per heavy atom. The fourth-order valence-electron chi connectivity index (χ4n) is 3.03. The summed E-state index contributed by atoms with van der Waals surface area (Å²) in [7, 11) is 2.04. The largest absolute Gasteiger partial charge is 0.320 e. The van der Waals surface area contributed by atoms with Crippen molar-refractivity contribution in [3.05, 3.63) is 33.8 Å². The molecule has 0 radical (unpaired) electrons. The summed E-state index contributed by atoms with van der Waals surface area (Å²) in [5.41, 5.74) is 3.41. The molecule has 0 aromatic heterocycles. The van der Waals surface area contributed by atoms with Crippen molar-refractivity contribution in [3.63, 3.8) is 0 Å². The molecule has 0 fully saturated rings. The van der Waals surface area contributed by atoms with Gasteiger partial charge < -0.3 is 5.32 Å². The van der Waals surface area contributed by atoms with E-state index in [4.69, 9.17) is 0 Å². The van der Waals surface area contributed by atoms with Crippen LogP contribution in [0, 0.1) is 0 Å². The molecule has 17 heavy (non-hydrogen) atoms. The first-order chi connectivity index (χ1) is 8.06. The second kappa shape index (κ2) is 5.11. The SMILES string of the molecule is CNCCC1CCC(C)(C)c2c(Br)cccc21. The molecule has 1 aromatic rings. The van der Waals surface area contributed by atoms with Crippen LogP contribution < -0.4 is 5.32 Å². The van der Waals surface area contributed by atoms with Gasteiger partial charge in [-0.15, -0.1) is 0 Å². The Bertz CT molecular complexity index is 398. The van der Waals surface area contributed by atoms with Crippen LogP contribution in [0.5, 0.6) is 0 Å². The highest BCUT2D eigenvalue weighted by molar-refractivity contribution is 9.10. The van der Waals surface area contributed by atoms with Gasteiger partial charge in [-0.25, -0.2) is 0 Å². The van der Waals surface area contributed by atoms with E-state index in [1.165, 1.54) is 29.3 Å². The van der Waals surface area contributed by atoms with Crippen molar-refractivity contribution in [1.29, 1.82) is 0 Å². The average molecular weight is 296 g/mol. The lowest BCUT2D eigenvalue weighted by atomic mass is 9.68. The van der Waals surface area contributed by atoms with E-state index in [1.807, 2.05) is 7.05 Å². The van der Waals surface area contributed by atoms with Crippen LogP contribution >= 0.6 is 15.9 Å². The summed E-state index contributed by atoms with van der Waals surface area (Å²) >= 11 is 3.74. The topological polar surface area (TPSA) is 12.0 Å². The second-order valence-corrected chi connectivity index (χ2v) is 6.57. The molecule has 2 heteroatoms. The fourth-order valence-corrected chi connectivity index (χ4v) is 3.95. The Morgan fingerprint density at radius 1 is 1.41 bits per heavy atom. The van der Waals surface area contributed by atoms with Gasteiger partial charge in [0.15, 0.2) is 0 Å². The molecule has 1 unspecified atom stereocenters. The van der Waals surface area contributed by atoms with Gasteiger partial charge >= 0.3 is 0 Å². The van der Waals surface area contributed by atoms with Crippen molar-refractivity contribution in [2.24, 2.45) is 0 Å². The number of nitrogens with one attached hydrogen (secondary N) is 1. The van der Waals surface area contributed by atoms with Gasteiger partial charge in [-0.2, -0.15) is 0 Å². The third kappa shape index (κ3) is 2.58. The van der Waals surface area contributed by atoms with Gasteiger partial charge in [0.1, 0.15) is 0 Å². The molecule has 94 valence electrons. The lowest BCUT2D eigenvalue weighted by molar-refractivity contribution is 0.378. The van der Waals surface area contributed by atoms with E-state index >= 15 is 0 Å². The van der Waals surface area contributed by atoms with Crippen LogP contribution in [0.2, 0.25) is 0 Å². The molecule has 0 saturated heterocycles. The quantitative estimate of drug-likeness (QED) is 0.881. The van der Waals surface area contributed by atoms with Crippen LogP contribution in [0.4, 0.5) is 0 Å². The summed E-state index contributed by atoms with van der Waals surface area (Å²) in [4.78, 5) is 0. The summed E-state index contributed by atoms with van der Waals surface area (Å²) in [6.07, 6.45) is 3.85. The van der Waals surface area contributed by atoms with E-state index < -0.39 is 0 Å². The van der Waals surface area contributed by atoms with Crippen molar-refractivity contribution < 1.29 is 0 Å². The molecule has 1 aliphatic rings. The Hall–Kier alpha value is -0.340. The number of rotatable bonds is 3. The van der Waals surface area contributed by atoms with Crippen LogP contribution in [-0.2, 0) is 5.41 Å². The highest BCUT2D eigenvalue weighted by Gasteiger charge is 2.33. The van der Waals surface area contributed by atoms with Gasteiger partial charge in [0, 0.05) is 4.47 Å². The van der Waals surface area contributed by atoms with Crippen LogP contribution in [0.25, 0.3) is 0 Å². The fraction of sp³-hybridized carbons (Fsp3) is 0.600. The van der Waals surface area contributed by atoms with Crippen molar-refractivity contribution >= 4 is 15.9 Å². The van der Waals surface area contributed by atoms with Crippen LogP contribution in [0.15, 0.2) is 22.7 Å². The third-order valence-corrected chi connectivity index (χ3v) is 4.68.